The second-order valence-corrected chi connectivity index (χ2v) is 6.45. The maximum atomic E-state index is 13.4. The van der Waals surface area contributed by atoms with Crippen molar-refractivity contribution in [1.82, 2.24) is 10.7 Å². The van der Waals surface area contributed by atoms with Gasteiger partial charge in [-0.3, -0.25) is 10.9 Å². The lowest BCUT2D eigenvalue weighted by Crippen LogP contribution is -2.39. The van der Waals surface area contributed by atoms with E-state index >= 15 is 0 Å². The number of thioether (sulfide) groups is 1. The molecule has 0 fully saturated rings. The molecule has 2 rings (SSSR count). The predicted octanol–water partition coefficient (Wildman–Crippen LogP) is 4.20. The Bertz CT molecular complexity index is 668. The van der Waals surface area contributed by atoms with Crippen molar-refractivity contribution in [2.24, 2.45) is 0 Å². The highest BCUT2D eigenvalue weighted by atomic mass is 35.5. The summed E-state index contributed by atoms with van der Waals surface area (Å²) in [6.07, 6.45) is 0. The van der Waals surface area contributed by atoms with E-state index in [1.165, 1.54) is 6.07 Å². The van der Waals surface area contributed by atoms with Crippen LogP contribution in [0.4, 0.5) is 14.5 Å². The van der Waals surface area contributed by atoms with Crippen molar-refractivity contribution < 1.29 is 8.78 Å². The topological polar surface area (TPSA) is 36.1 Å². The minimum Gasteiger partial charge on any atom is -0.361 e. The van der Waals surface area contributed by atoms with Crippen molar-refractivity contribution in [3.05, 3.63) is 59.1 Å². The molecule has 122 valence electrons. The second-order valence-electron chi connectivity index (χ2n) is 4.43. The van der Waals surface area contributed by atoms with Crippen LogP contribution in [0.25, 0.3) is 0 Å². The zero-order valence-corrected chi connectivity index (χ0v) is 14.3. The van der Waals surface area contributed by atoms with Crippen LogP contribution in [0.5, 0.6) is 0 Å². The van der Waals surface area contributed by atoms with Gasteiger partial charge in [-0.05, 0) is 48.6 Å². The highest BCUT2D eigenvalue weighted by molar-refractivity contribution is 7.99. The summed E-state index contributed by atoms with van der Waals surface area (Å²) in [5.41, 5.74) is 5.35. The molecule has 0 atom stereocenters. The van der Waals surface area contributed by atoms with Gasteiger partial charge in [0.2, 0.25) is 0 Å². The van der Waals surface area contributed by atoms with Gasteiger partial charge in [-0.1, -0.05) is 11.6 Å². The van der Waals surface area contributed by atoms with Gasteiger partial charge in [0.25, 0.3) is 0 Å². The fourth-order valence-electron chi connectivity index (χ4n) is 1.62. The monoisotopic (exact) mass is 373 g/mol. The van der Waals surface area contributed by atoms with Crippen LogP contribution < -0.4 is 16.2 Å². The van der Waals surface area contributed by atoms with E-state index in [2.05, 4.69) is 16.2 Å². The van der Waals surface area contributed by atoms with Crippen molar-refractivity contribution in [2.45, 2.75) is 4.90 Å². The van der Waals surface area contributed by atoms with Crippen LogP contribution in [-0.4, -0.2) is 17.4 Å². The molecule has 0 aliphatic carbocycles. The molecule has 0 amide bonds. The number of halogens is 3. The third-order valence-corrected chi connectivity index (χ3v) is 4.22. The van der Waals surface area contributed by atoms with E-state index in [1.54, 1.807) is 11.8 Å². The number of hydrogen-bond donors (Lipinski definition) is 3. The normalized spacial score (nSPS) is 10.2. The Labute approximate surface area is 147 Å². The number of thiocarbonyl (C=S) groups is 1. The molecule has 2 aromatic carbocycles. The first-order chi connectivity index (χ1) is 11.0. The van der Waals surface area contributed by atoms with Crippen LogP contribution in [0.15, 0.2) is 47.4 Å². The quantitative estimate of drug-likeness (QED) is 0.306. The molecule has 0 saturated heterocycles. The maximum absolute atomic E-state index is 13.4. The molecule has 3 N–H and O–H groups in total. The van der Waals surface area contributed by atoms with Crippen molar-refractivity contribution >= 4 is 46.4 Å². The molecule has 3 nitrogen and oxygen atoms in total. The van der Waals surface area contributed by atoms with E-state index < -0.39 is 11.6 Å². The molecule has 0 heterocycles. The Hall–Kier alpha value is -1.57. The van der Waals surface area contributed by atoms with Crippen LogP contribution in [0.3, 0.4) is 0 Å². The first kappa shape index (κ1) is 17.8. The van der Waals surface area contributed by atoms with E-state index in [1.807, 2.05) is 24.3 Å². The van der Waals surface area contributed by atoms with Crippen molar-refractivity contribution in [3.63, 3.8) is 0 Å². The van der Waals surface area contributed by atoms with E-state index in [0.717, 1.165) is 22.8 Å². The minimum atomic E-state index is -0.696. The SMILES string of the molecule is Fc1ccc(NNC(=S)NCCSc2ccc(Cl)cc2)c(F)c1. The average molecular weight is 374 g/mol. The summed E-state index contributed by atoms with van der Waals surface area (Å²) in [7, 11) is 0. The molecule has 0 aromatic heterocycles. The molecule has 0 aliphatic rings. The first-order valence-electron chi connectivity index (χ1n) is 6.68. The summed E-state index contributed by atoms with van der Waals surface area (Å²) in [6, 6.07) is 10.8. The number of benzene rings is 2. The molecule has 23 heavy (non-hydrogen) atoms. The molecular formula is C15H14ClF2N3S2. The van der Waals surface area contributed by atoms with Crippen LogP contribution in [0, 0.1) is 11.6 Å². The molecule has 0 aliphatic heterocycles. The molecule has 2 aromatic rings. The first-order valence-corrected chi connectivity index (χ1v) is 8.45. The Kier molecular flexibility index (Phi) is 6.88. The van der Waals surface area contributed by atoms with Gasteiger partial charge in [-0.15, -0.1) is 11.8 Å². The van der Waals surface area contributed by atoms with Gasteiger partial charge in [-0.25, -0.2) is 8.78 Å². The van der Waals surface area contributed by atoms with Crippen LogP contribution in [0.1, 0.15) is 0 Å². The summed E-state index contributed by atoms with van der Waals surface area (Å²) in [5.74, 6) is -0.527. The van der Waals surface area contributed by atoms with Gasteiger partial charge < -0.3 is 5.32 Å². The maximum Gasteiger partial charge on any atom is 0.185 e. The third kappa shape index (κ3) is 6.21. The highest BCUT2D eigenvalue weighted by Crippen LogP contribution is 2.19. The largest absolute Gasteiger partial charge is 0.361 e. The predicted molar refractivity (Wildman–Crippen MR) is 95.9 cm³/mol. The van der Waals surface area contributed by atoms with E-state index in [-0.39, 0.29) is 5.69 Å². The fourth-order valence-corrected chi connectivity index (χ4v) is 2.67. The summed E-state index contributed by atoms with van der Waals surface area (Å²) in [4.78, 5) is 1.11. The summed E-state index contributed by atoms with van der Waals surface area (Å²) in [6.45, 7) is 0.632. The van der Waals surface area contributed by atoms with Crippen molar-refractivity contribution in [2.75, 3.05) is 17.7 Å². The van der Waals surface area contributed by atoms with E-state index in [9.17, 15) is 8.78 Å². The van der Waals surface area contributed by atoms with Crippen LogP contribution >= 0.6 is 35.6 Å². The number of nitrogens with one attached hydrogen (secondary N) is 3. The van der Waals surface area contributed by atoms with Gasteiger partial charge in [0.05, 0.1) is 5.69 Å². The van der Waals surface area contributed by atoms with Crippen molar-refractivity contribution in [1.29, 1.82) is 0 Å². The van der Waals surface area contributed by atoms with E-state index in [0.29, 0.717) is 16.7 Å². The summed E-state index contributed by atoms with van der Waals surface area (Å²) < 4.78 is 26.2. The Morgan fingerprint density at radius 3 is 2.57 bits per heavy atom. The second kappa shape index (κ2) is 8.90. The third-order valence-electron chi connectivity index (χ3n) is 2.71. The fraction of sp³-hybridized carbons (Fsp3) is 0.133. The zero-order valence-electron chi connectivity index (χ0n) is 11.9. The molecule has 0 bridgehead atoms. The lowest BCUT2D eigenvalue weighted by molar-refractivity contribution is 0.584. The average Bonchev–Trinajstić information content (AvgIpc) is 2.52. The number of anilines is 1. The number of hydrogen-bond acceptors (Lipinski definition) is 3. The van der Waals surface area contributed by atoms with Crippen LogP contribution in [0.2, 0.25) is 5.02 Å². The van der Waals surface area contributed by atoms with Gasteiger partial charge in [-0.2, -0.15) is 0 Å². The molecule has 0 unspecified atom stereocenters. The zero-order chi connectivity index (χ0) is 16.7. The van der Waals surface area contributed by atoms with Gasteiger partial charge in [0.1, 0.15) is 5.82 Å². The van der Waals surface area contributed by atoms with E-state index in [4.69, 9.17) is 23.8 Å². The van der Waals surface area contributed by atoms with Crippen molar-refractivity contribution in [3.8, 4) is 0 Å². The molecular weight excluding hydrogens is 360 g/mol. The highest BCUT2D eigenvalue weighted by Gasteiger charge is 2.03. The van der Waals surface area contributed by atoms with Gasteiger partial charge in [0, 0.05) is 28.3 Å². The lowest BCUT2D eigenvalue weighted by Gasteiger charge is -2.13. The summed E-state index contributed by atoms with van der Waals surface area (Å²) >= 11 is 12.5. The standard InChI is InChI=1S/C15H14ClF2N3S2/c16-10-1-4-12(5-2-10)23-8-7-19-15(22)21-20-14-6-3-11(17)9-13(14)18/h1-6,9,20H,7-8H2,(H2,19,21,22). The molecule has 0 spiro atoms. The smallest absolute Gasteiger partial charge is 0.185 e. The summed E-state index contributed by atoms with van der Waals surface area (Å²) in [5, 5.41) is 4.01. The van der Waals surface area contributed by atoms with Gasteiger partial charge >= 0.3 is 0 Å². The Balaban J connectivity index is 1.66. The van der Waals surface area contributed by atoms with Gasteiger partial charge in [0.15, 0.2) is 10.9 Å². The molecule has 0 saturated carbocycles. The Morgan fingerprint density at radius 2 is 1.87 bits per heavy atom. The number of hydrazine groups is 1. The minimum absolute atomic E-state index is 0.117. The Morgan fingerprint density at radius 1 is 1.13 bits per heavy atom. The lowest BCUT2D eigenvalue weighted by atomic mass is 10.3. The number of rotatable bonds is 6. The van der Waals surface area contributed by atoms with Crippen LogP contribution in [-0.2, 0) is 0 Å². The molecule has 0 radical (unpaired) electrons. The molecule has 8 heteroatoms.